The first-order valence-corrected chi connectivity index (χ1v) is 9.75. The standard InChI is InChI=1S/C24H25FN2O4/c1-16(28)27(31-14-13-26)21-11-6-12-22(29-2)23(21)18-8-4-7-17(15-18)19-9-5-10-20(25)24(19)30-3/h4-12,15H,13-14,26H2,1-3H3. The average molecular weight is 424 g/mol. The number of methoxy groups -OCH3 is 2. The Labute approximate surface area is 180 Å². The molecule has 0 aliphatic carbocycles. The summed E-state index contributed by atoms with van der Waals surface area (Å²) in [5.74, 6) is -0.0211. The highest BCUT2D eigenvalue weighted by Gasteiger charge is 2.21. The van der Waals surface area contributed by atoms with Crippen LogP contribution in [0.25, 0.3) is 22.3 Å². The maximum Gasteiger partial charge on any atom is 0.247 e. The fourth-order valence-electron chi connectivity index (χ4n) is 3.41. The van der Waals surface area contributed by atoms with Crippen LogP contribution in [-0.4, -0.2) is 33.3 Å². The number of amides is 1. The van der Waals surface area contributed by atoms with Crippen LogP contribution in [0.3, 0.4) is 0 Å². The number of halogens is 1. The van der Waals surface area contributed by atoms with Crippen LogP contribution >= 0.6 is 0 Å². The molecular weight excluding hydrogens is 399 g/mol. The largest absolute Gasteiger partial charge is 0.496 e. The fraction of sp³-hybridized carbons (Fsp3) is 0.208. The van der Waals surface area contributed by atoms with Gasteiger partial charge in [0, 0.05) is 19.0 Å². The van der Waals surface area contributed by atoms with Gasteiger partial charge in [-0.3, -0.25) is 9.63 Å². The lowest BCUT2D eigenvalue weighted by Crippen LogP contribution is -2.31. The predicted octanol–water partition coefficient (Wildman–Crippen LogP) is 4.42. The van der Waals surface area contributed by atoms with Crippen LogP contribution in [0.4, 0.5) is 10.1 Å². The van der Waals surface area contributed by atoms with Gasteiger partial charge in [-0.15, -0.1) is 0 Å². The Morgan fingerprint density at radius 2 is 1.71 bits per heavy atom. The number of hydrogen-bond donors (Lipinski definition) is 1. The molecule has 31 heavy (non-hydrogen) atoms. The molecule has 0 fully saturated rings. The van der Waals surface area contributed by atoms with Gasteiger partial charge in [-0.2, -0.15) is 5.06 Å². The third-order valence-electron chi connectivity index (χ3n) is 4.70. The molecule has 0 aliphatic rings. The van der Waals surface area contributed by atoms with Crippen molar-refractivity contribution in [3.05, 3.63) is 66.5 Å². The first-order valence-electron chi connectivity index (χ1n) is 9.75. The van der Waals surface area contributed by atoms with Gasteiger partial charge < -0.3 is 15.2 Å². The highest BCUT2D eigenvalue weighted by atomic mass is 19.1. The van der Waals surface area contributed by atoms with E-state index in [9.17, 15) is 9.18 Å². The molecule has 2 N–H and O–H groups in total. The molecule has 0 atom stereocenters. The highest BCUT2D eigenvalue weighted by Crippen LogP contribution is 2.41. The van der Waals surface area contributed by atoms with E-state index in [0.717, 1.165) is 11.1 Å². The SMILES string of the molecule is COc1cccc(N(OCCN)C(C)=O)c1-c1cccc(-c2cccc(F)c2OC)c1. The van der Waals surface area contributed by atoms with Gasteiger partial charge in [0.25, 0.3) is 0 Å². The molecule has 0 aromatic heterocycles. The number of benzene rings is 3. The summed E-state index contributed by atoms with van der Waals surface area (Å²) in [4.78, 5) is 17.9. The van der Waals surface area contributed by atoms with Crippen molar-refractivity contribution in [3.8, 4) is 33.8 Å². The summed E-state index contributed by atoms with van der Waals surface area (Å²) in [7, 11) is 2.99. The number of carbonyl (C=O) groups is 1. The molecule has 7 heteroatoms. The minimum atomic E-state index is -0.443. The maximum atomic E-state index is 14.2. The molecule has 0 radical (unpaired) electrons. The molecule has 6 nitrogen and oxygen atoms in total. The van der Waals surface area contributed by atoms with Crippen molar-refractivity contribution in [1.29, 1.82) is 0 Å². The lowest BCUT2D eigenvalue weighted by molar-refractivity contribution is -0.123. The van der Waals surface area contributed by atoms with E-state index in [-0.39, 0.29) is 24.8 Å². The van der Waals surface area contributed by atoms with Crippen LogP contribution in [0, 0.1) is 5.82 Å². The topological polar surface area (TPSA) is 74.0 Å². The number of nitrogens with zero attached hydrogens (tertiary/aromatic N) is 1. The van der Waals surface area contributed by atoms with Gasteiger partial charge in [-0.05, 0) is 35.4 Å². The van der Waals surface area contributed by atoms with Crippen molar-refractivity contribution in [3.63, 3.8) is 0 Å². The zero-order valence-corrected chi connectivity index (χ0v) is 17.7. The smallest absolute Gasteiger partial charge is 0.247 e. The summed E-state index contributed by atoms with van der Waals surface area (Å²) >= 11 is 0. The van der Waals surface area contributed by atoms with Crippen molar-refractivity contribution < 1.29 is 23.5 Å². The molecule has 0 heterocycles. The van der Waals surface area contributed by atoms with E-state index in [1.807, 2.05) is 24.3 Å². The van der Waals surface area contributed by atoms with Crippen molar-refractivity contribution in [2.45, 2.75) is 6.92 Å². The number of ether oxygens (including phenoxy) is 2. The molecule has 0 aliphatic heterocycles. The van der Waals surface area contributed by atoms with E-state index in [2.05, 4.69) is 0 Å². The number of nitrogens with two attached hydrogens (primary N) is 1. The molecule has 0 saturated heterocycles. The Morgan fingerprint density at radius 1 is 1.00 bits per heavy atom. The molecule has 162 valence electrons. The lowest BCUT2D eigenvalue weighted by Gasteiger charge is -2.24. The van der Waals surface area contributed by atoms with Crippen LogP contribution in [0.15, 0.2) is 60.7 Å². The number of anilines is 1. The van der Waals surface area contributed by atoms with Crippen LogP contribution in [0.2, 0.25) is 0 Å². The van der Waals surface area contributed by atoms with Crippen LogP contribution < -0.4 is 20.3 Å². The maximum absolute atomic E-state index is 14.2. The van der Waals surface area contributed by atoms with Gasteiger partial charge in [-0.25, -0.2) is 4.39 Å². The van der Waals surface area contributed by atoms with Crippen molar-refractivity contribution in [1.82, 2.24) is 0 Å². The lowest BCUT2D eigenvalue weighted by atomic mass is 9.96. The number of rotatable bonds is 8. The Bertz CT molecular complexity index is 1070. The van der Waals surface area contributed by atoms with Gasteiger partial charge >= 0.3 is 0 Å². The van der Waals surface area contributed by atoms with Gasteiger partial charge in [0.05, 0.1) is 32.1 Å². The molecule has 0 bridgehead atoms. The third-order valence-corrected chi connectivity index (χ3v) is 4.70. The number of para-hydroxylation sites is 1. The van der Waals surface area contributed by atoms with Gasteiger partial charge in [0.2, 0.25) is 5.91 Å². The second-order valence-electron chi connectivity index (χ2n) is 6.69. The summed E-state index contributed by atoms with van der Waals surface area (Å²) in [5.41, 5.74) is 8.86. The number of hydroxylamine groups is 1. The van der Waals surface area contributed by atoms with E-state index < -0.39 is 5.82 Å². The number of carbonyl (C=O) groups excluding carboxylic acids is 1. The predicted molar refractivity (Wildman–Crippen MR) is 119 cm³/mol. The summed E-state index contributed by atoms with van der Waals surface area (Å²) in [6, 6.07) is 17.6. The minimum Gasteiger partial charge on any atom is -0.496 e. The van der Waals surface area contributed by atoms with Crippen molar-refractivity contribution >= 4 is 11.6 Å². The zero-order chi connectivity index (χ0) is 22.4. The summed E-state index contributed by atoms with van der Waals surface area (Å²) in [6.45, 7) is 1.85. The summed E-state index contributed by atoms with van der Waals surface area (Å²) < 4.78 is 25.1. The second kappa shape index (κ2) is 10.1. The Balaban J connectivity index is 2.19. The molecule has 0 saturated carbocycles. The molecule has 0 spiro atoms. The van der Waals surface area contributed by atoms with Gasteiger partial charge in [-0.1, -0.05) is 36.4 Å². The molecule has 1 amide bonds. The monoisotopic (exact) mass is 424 g/mol. The minimum absolute atomic E-state index is 0.163. The van der Waals surface area contributed by atoms with E-state index in [0.29, 0.717) is 22.6 Å². The second-order valence-corrected chi connectivity index (χ2v) is 6.69. The number of hydrogen-bond acceptors (Lipinski definition) is 5. The zero-order valence-electron chi connectivity index (χ0n) is 17.7. The summed E-state index contributed by atoms with van der Waals surface area (Å²) in [6.07, 6.45) is 0. The van der Waals surface area contributed by atoms with Crippen molar-refractivity contribution in [2.24, 2.45) is 5.73 Å². The average Bonchev–Trinajstić information content (AvgIpc) is 2.78. The van der Waals surface area contributed by atoms with Crippen LogP contribution in [0.5, 0.6) is 11.5 Å². The molecule has 3 rings (SSSR count). The Hall–Kier alpha value is -3.42. The van der Waals surface area contributed by atoms with E-state index in [1.165, 1.54) is 25.2 Å². The molecule has 0 unspecified atom stereocenters. The first kappa shape index (κ1) is 22.3. The van der Waals surface area contributed by atoms with Gasteiger partial charge in [0.15, 0.2) is 11.6 Å². The van der Waals surface area contributed by atoms with Crippen molar-refractivity contribution in [2.75, 3.05) is 32.4 Å². The normalized spacial score (nSPS) is 10.6. The molecule has 3 aromatic carbocycles. The Morgan fingerprint density at radius 3 is 2.39 bits per heavy atom. The third kappa shape index (κ3) is 4.68. The Kier molecular flexibility index (Phi) is 7.23. The van der Waals surface area contributed by atoms with E-state index in [4.69, 9.17) is 20.0 Å². The molecule has 3 aromatic rings. The fourth-order valence-corrected chi connectivity index (χ4v) is 3.41. The molecular formula is C24H25FN2O4. The van der Waals surface area contributed by atoms with Crippen LogP contribution in [0.1, 0.15) is 6.92 Å². The van der Waals surface area contributed by atoms with Gasteiger partial charge in [0.1, 0.15) is 5.75 Å². The highest BCUT2D eigenvalue weighted by molar-refractivity contribution is 5.97. The summed E-state index contributed by atoms with van der Waals surface area (Å²) in [5, 5.41) is 1.21. The van der Waals surface area contributed by atoms with E-state index >= 15 is 0 Å². The van der Waals surface area contributed by atoms with E-state index in [1.54, 1.807) is 37.4 Å². The first-order chi connectivity index (χ1) is 15.0. The van der Waals surface area contributed by atoms with Crippen LogP contribution in [-0.2, 0) is 9.63 Å². The quantitative estimate of drug-likeness (QED) is 0.542.